The zero-order valence-corrected chi connectivity index (χ0v) is 11.4. The molecule has 0 aliphatic heterocycles. The predicted molar refractivity (Wildman–Crippen MR) is 63.7 cm³/mol. The monoisotopic (exact) mass is 218 g/mol. The van der Waals surface area contributed by atoms with Crippen LogP contribution in [0.25, 0.3) is 0 Å². The van der Waals surface area contributed by atoms with Gasteiger partial charge in [-0.1, -0.05) is 40.0 Å². The van der Waals surface area contributed by atoms with Crippen LogP contribution in [0.4, 0.5) is 0 Å². The average molecular weight is 218 g/mol. The third-order valence-electron chi connectivity index (χ3n) is 2.62. The van der Waals surface area contributed by atoms with Crippen molar-refractivity contribution in [1.29, 1.82) is 0 Å². The standard InChI is InChI=1S/C11H26O2Si/c1-6-7-8-9-14(12-4,13-5)10-11(2)3/h11H,6-10H2,1-5H3. The normalized spacial score (nSPS) is 12.4. The lowest BCUT2D eigenvalue weighted by atomic mass is 10.3. The predicted octanol–water partition coefficient (Wildman–Crippen LogP) is 3.57. The minimum Gasteiger partial charge on any atom is -0.398 e. The van der Waals surface area contributed by atoms with Crippen molar-refractivity contribution >= 4 is 8.56 Å². The summed E-state index contributed by atoms with van der Waals surface area (Å²) in [7, 11) is 1.78. The lowest BCUT2D eigenvalue weighted by molar-refractivity contribution is 0.234. The van der Waals surface area contributed by atoms with Gasteiger partial charge in [0.15, 0.2) is 0 Å². The molecule has 0 aliphatic rings. The van der Waals surface area contributed by atoms with Gasteiger partial charge in [0.05, 0.1) is 0 Å². The van der Waals surface area contributed by atoms with Crippen LogP contribution >= 0.6 is 0 Å². The Morgan fingerprint density at radius 3 is 2.00 bits per heavy atom. The van der Waals surface area contributed by atoms with E-state index >= 15 is 0 Å². The van der Waals surface area contributed by atoms with Crippen LogP contribution in [0.1, 0.15) is 40.0 Å². The number of hydrogen-bond donors (Lipinski definition) is 0. The molecule has 0 fully saturated rings. The van der Waals surface area contributed by atoms with Gasteiger partial charge >= 0.3 is 8.56 Å². The largest absolute Gasteiger partial charge is 0.398 e. The molecule has 0 saturated heterocycles. The van der Waals surface area contributed by atoms with Crippen molar-refractivity contribution in [2.75, 3.05) is 14.2 Å². The van der Waals surface area contributed by atoms with Crippen molar-refractivity contribution in [3.63, 3.8) is 0 Å². The second kappa shape index (κ2) is 7.43. The Morgan fingerprint density at radius 2 is 1.64 bits per heavy atom. The van der Waals surface area contributed by atoms with Gasteiger partial charge in [-0.05, 0) is 18.0 Å². The van der Waals surface area contributed by atoms with E-state index in [0.717, 1.165) is 12.1 Å². The summed E-state index contributed by atoms with van der Waals surface area (Å²) in [6.45, 7) is 6.70. The van der Waals surface area contributed by atoms with Crippen LogP contribution in [-0.4, -0.2) is 22.8 Å². The lowest BCUT2D eigenvalue weighted by Gasteiger charge is -2.29. The average Bonchev–Trinajstić information content (AvgIpc) is 2.16. The highest BCUT2D eigenvalue weighted by atomic mass is 28.4. The Morgan fingerprint density at radius 1 is 1.07 bits per heavy atom. The molecular weight excluding hydrogens is 192 g/mol. The van der Waals surface area contributed by atoms with Gasteiger partial charge in [-0.2, -0.15) is 0 Å². The summed E-state index contributed by atoms with van der Waals surface area (Å²) >= 11 is 0. The first-order valence-electron chi connectivity index (χ1n) is 5.70. The summed E-state index contributed by atoms with van der Waals surface area (Å²) in [5.41, 5.74) is 0. The minimum atomic E-state index is -1.84. The molecule has 0 aromatic carbocycles. The third-order valence-corrected chi connectivity index (χ3v) is 6.67. The summed E-state index contributed by atoms with van der Waals surface area (Å²) in [5.74, 6) is 0.670. The van der Waals surface area contributed by atoms with Gasteiger partial charge in [-0.3, -0.25) is 0 Å². The first-order chi connectivity index (χ1) is 6.60. The lowest BCUT2D eigenvalue weighted by Crippen LogP contribution is -2.41. The molecule has 86 valence electrons. The molecule has 0 N–H and O–H groups in total. The molecule has 0 bridgehead atoms. The van der Waals surface area contributed by atoms with E-state index in [-0.39, 0.29) is 0 Å². The SMILES string of the molecule is CCCCC[Si](CC(C)C)(OC)OC. The van der Waals surface area contributed by atoms with E-state index in [1.807, 2.05) is 14.2 Å². The molecule has 0 heterocycles. The summed E-state index contributed by atoms with van der Waals surface area (Å²) in [6, 6.07) is 2.26. The van der Waals surface area contributed by atoms with Gasteiger partial charge in [0.25, 0.3) is 0 Å². The van der Waals surface area contributed by atoms with Crippen molar-refractivity contribution < 1.29 is 8.85 Å². The van der Waals surface area contributed by atoms with E-state index in [2.05, 4.69) is 20.8 Å². The second-order valence-electron chi connectivity index (χ2n) is 4.37. The van der Waals surface area contributed by atoms with Crippen LogP contribution in [0.5, 0.6) is 0 Å². The van der Waals surface area contributed by atoms with Gasteiger partial charge in [-0.15, -0.1) is 0 Å². The van der Waals surface area contributed by atoms with E-state index in [1.165, 1.54) is 19.3 Å². The summed E-state index contributed by atoms with van der Waals surface area (Å²) < 4.78 is 11.3. The quantitative estimate of drug-likeness (QED) is 0.458. The van der Waals surface area contributed by atoms with Crippen molar-refractivity contribution in [1.82, 2.24) is 0 Å². The van der Waals surface area contributed by atoms with Gasteiger partial charge in [-0.25, -0.2) is 0 Å². The molecule has 3 heteroatoms. The number of unbranched alkanes of at least 4 members (excludes halogenated alkanes) is 2. The molecule has 0 aliphatic carbocycles. The van der Waals surface area contributed by atoms with E-state index in [0.29, 0.717) is 5.92 Å². The highest BCUT2D eigenvalue weighted by Gasteiger charge is 2.35. The Bertz CT molecular complexity index is 133. The first-order valence-corrected chi connectivity index (χ1v) is 7.93. The van der Waals surface area contributed by atoms with E-state index in [1.54, 1.807) is 0 Å². The Labute approximate surface area is 90.2 Å². The van der Waals surface area contributed by atoms with Crippen LogP contribution in [0, 0.1) is 5.92 Å². The van der Waals surface area contributed by atoms with Crippen molar-refractivity contribution in [3.05, 3.63) is 0 Å². The Balaban J connectivity index is 4.07. The molecule has 0 amide bonds. The van der Waals surface area contributed by atoms with Gasteiger partial charge in [0.1, 0.15) is 0 Å². The highest BCUT2D eigenvalue weighted by molar-refractivity contribution is 6.67. The number of rotatable bonds is 8. The molecule has 0 radical (unpaired) electrons. The molecular formula is C11H26O2Si. The summed E-state index contributed by atoms with van der Waals surface area (Å²) in [5, 5.41) is 0. The van der Waals surface area contributed by atoms with Gasteiger partial charge in [0, 0.05) is 14.2 Å². The van der Waals surface area contributed by atoms with Crippen molar-refractivity contribution in [2.45, 2.75) is 52.1 Å². The molecule has 0 rings (SSSR count). The van der Waals surface area contributed by atoms with E-state index in [9.17, 15) is 0 Å². The Hall–Kier alpha value is 0.137. The molecule has 0 spiro atoms. The van der Waals surface area contributed by atoms with E-state index in [4.69, 9.17) is 8.85 Å². The molecule has 0 aromatic heterocycles. The molecule has 0 saturated carbocycles. The van der Waals surface area contributed by atoms with Crippen molar-refractivity contribution in [2.24, 2.45) is 5.92 Å². The minimum absolute atomic E-state index is 0.670. The maximum absolute atomic E-state index is 5.66. The molecule has 2 nitrogen and oxygen atoms in total. The maximum Gasteiger partial charge on any atom is 0.337 e. The molecule has 0 atom stereocenters. The van der Waals surface area contributed by atoms with Crippen LogP contribution < -0.4 is 0 Å². The second-order valence-corrected chi connectivity index (χ2v) is 7.92. The van der Waals surface area contributed by atoms with Gasteiger partial charge < -0.3 is 8.85 Å². The zero-order chi connectivity index (χ0) is 11.0. The fourth-order valence-electron chi connectivity index (χ4n) is 1.82. The van der Waals surface area contributed by atoms with Crippen LogP contribution in [0.3, 0.4) is 0 Å². The maximum atomic E-state index is 5.66. The molecule has 0 unspecified atom stereocenters. The highest BCUT2D eigenvalue weighted by Crippen LogP contribution is 2.25. The molecule has 14 heavy (non-hydrogen) atoms. The summed E-state index contributed by atoms with van der Waals surface area (Å²) in [6.07, 6.45) is 3.80. The van der Waals surface area contributed by atoms with E-state index < -0.39 is 8.56 Å². The zero-order valence-electron chi connectivity index (χ0n) is 10.4. The fraction of sp³-hybridized carbons (Fsp3) is 1.00. The first kappa shape index (κ1) is 14.1. The van der Waals surface area contributed by atoms with Crippen molar-refractivity contribution in [3.8, 4) is 0 Å². The van der Waals surface area contributed by atoms with Gasteiger partial charge in [0.2, 0.25) is 0 Å². The van der Waals surface area contributed by atoms with Crippen LogP contribution in [0.15, 0.2) is 0 Å². The van der Waals surface area contributed by atoms with Crippen LogP contribution in [0.2, 0.25) is 12.1 Å². The van der Waals surface area contributed by atoms with Crippen LogP contribution in [-0.2, 0) is 8.85 Å². The Kier molecular flexibility index (Phi) is 7.50. The fourth-order valence-corrected chi connectivity index (χ4v) is 4.97. The summed E-state index contributed by atoms with van der Waals surface area (Å²) in [4.78, 5) is 0. The smallest absolute Gasteiger partial charge is 0.337 e. The topological polar surface area (TPSA) is 18.5 Å². The number of hydrogen-bond acceptors (Lipinski definition) is 2. The third kappa shape index (κ3) is 5.13. The molecule has 0 aromatic rings.